The molecule has 2 aromatic carbocycles. The molecule has 23 heavy (non-hydrogen) atoms. The van der Waals surface area contributed by atoms with Gasteiger partial charge in [0.2, 0.25) is 0 Å². The molecule has 3 nitrogen and oxygen atoms in total. The lowest BCUT2D eigenvalue weighted by Gasteiger charge is -2.07. The van der Waals surface area contributed by atoms with Gasteiger partial charge in [-0.3, -0.25) is 9.31 Å². The van der Waals surface area contributed by atoms with Crippen LogP contribution in [0.2, 0.25) is 0 Å². The fourth-order valence-electron chi connectivity index (χ4n) is 2.72. The first kappa shape index (κ1) is 15.7. The quantitative estimate of drug-likeness (QED) is 0.772. The van der Waals surface area contributed by atoms with Gasteiger partial charge in [0.05, 0.1) is 0 Å². The molecule has 1 N–H and O–H groups in total. The first-order valence-corrected chi connectivity index (χ1v) is 9.37. The summed E-state index contributed by atoms with van der Waals surface area (Å²) in [6, 6.07) is 18.6. The minimum atomic E-state index is -0.818. The molecule has 0 spiro atoms. The minimum absolute atomic E-state index is 0.634. The van der Waals surface area contributed by atoms with E-state index in [1.807, 2.05) is 18.2 Å². The summed E-state index contributed by atoms with van der Waals surface area (Å²) in [6.45, 7) is 2.09. The van der Waals surface area contributed by atoms with Crippen LogP contribution in [-0.4, -0.2) is 26.4 Å². The number of hydrogen-bond acceptors (Lipinski definition) is 2. The second-order valence-electron chi connectivity index (χ2n) is 5.69. The van der Waals surface area contributed by atoms with Crippen LogP contribution >= 0.6 is 0 Å². The van der Waals surface area contributed by atoms with Crippen LogP contribution in [0.25, 0.3) is 22.4 Å². The van der Waals surface area contributed by atoms with Gasteiger partial charge >= 0.3 is 0 Å². The molecule has 0 amide bonds. The molecule has 0 saturated heterocycles. The molecule has 1 aromatic heterocycles. The van der Waals surface area contributed by atoms with E-state index < -0.39 is 10.8 Å². The van der Waals surface area contributed by atoms with Crippen molar-refractivity contribution in [1.82, 2.24) is 10.2 Å². The van der Waals surface area contributed by atoms with Crippen molar-refractivity contribution in [2.75, 3.05) is 12.0 Å². The van der Waals surface area contributed by atoms with Gasteiger partial charge in [-0.25, -0.2) is 0 Å². The molecule has 4 heteroatoms. The lowest BCUT2D eigenvalue weighted by molar-refractivity contribution is 0.685. The van der Waals surface area contributed by atoms with Crippen molar-refractivity contribution >= 4 is 10.8 Å². The minimum Gasteiger partial charge on any atom is -0.281 e. The van der Waals surface area contributed by atoms with Crippen LogP contribution in [0.1, 0.15) is 11.3 Å². The number of nitrogens with zero attached hydrogens (tertiary/aromatic N) is 1. The number of aryl methyl sites for hydroxylation is 2. The van der Waals surface area contributed by atoms with Gasteiger partial charge in [-0.15, -0.1) is 0 Å². The molecule has 3 aromatic rings. The number of aromatic nitrogens is 2. The Morgan fingerprint density at radius 1 is 1.04 bits per heavy atom. The Morgan fingerprint density at radius 3 is 2.48 bits per heavy atom. The van der Waals surface area contributed by atoms with Crippen molar-refractivity contribution in [3.05, 3.63) is 65.9 Å². The van der Waals surface area contributed by atoms with E-state index in [0.29, 0.717) is 5.75 Å². The Morgan fingerprint density at radius 2 is 1.78 bits per heavy atom. The molecule has 0 saturated carbocycles. The van der Waals surface area contributed by atoms with Crippen molar-refractivity contribution in [2.24, 2.45) is 0 Å². The zero-order valence-corrected chi connectivity index (χ0v) is 14.2. The first-order chi connectivity index (χ1) is 11.1. The third kappa shape index (κ3) is 3.59. The highest BCUT2D eigenvalue weighted by atomic mass is 32.2. The number of hydrogen-bond donors (Lipinski definition) is 1. The van der Waals surface area contributed by atoms with Crippen molar-refractivity contribution in [1.29, 1.82) is 0 Å². The van der Waals surface area contributed by atoms with E-state index in [4.69, 9.17) is 0 Å². The van der Waals surface area contributed by atoms with Crippen LogP contribution in [0.5, 0.6) is 0 Å². The number of nitrogens with one attached hydrogen (secondary N) is 1. The van der Waals surface area contributed by atoms with Gasteiger partial charge < -0.3 is 0 Å². The van der Waals surface area contributed by atoms with E-state index in [1.165, 1.54) is 5.56 Å². The zero-order valence-electron chi connectivity index (χ0n) is 13.4. The molecule has 0 radical (unpaired) electrons. The van der Waals surface area contributed by atoms with Gasteiger partial charge in [0.15, 0.2) is 0 Å². The summed E-state index contributed by atoms with van der Waals surface area (Å²) in [5, 5.41) is 7.71. The van der Waals surface area contributed by atoms with E-state index >= 15 is 0 Å². The summed E-state index contributed by atoms with van der Waals surface area (Å²) < 4.78 is 11.5. The highest BCUT2D eigenvalue weighted by molar-refractivity contribution is 7.84. The first-order valence-electron chi connectivity index (χ1n) is 7.65. The van der Waals surface area contributed by atoms with E-state index in [0.717, 1.165) is 34.5 Å². The zero-order chi connectivity index (χ0) is 16.2. The SMILES string of the molecule is Cc1cccc(-c2c(-c3ccccc3)n[nH]c2CCS(C)=O)c1. The topological polar surface area (TPSA) is 45.8 Å². The Kier molecular flexibility index (Phi) is 4.72. The van der Waals surface area contributed by atoms with Gasteiger partial charge in [-0.2, -0.15) is 5.10 Å². The number of aromatic amines is 1. The number of H-pyrrole nitrogens is 1. The molecule has 1 unspecified atom stereocenters. The molecular weight excluding hydrogens is 304 g/mol. The summed E-state index contributed by atoms with van der Waals surface area (Å²) in [7, 11) is -0.818. The van der Waals surface area contributed by atoms with Crippen LogP contribution in [-0.2, 0) is 17.2 Å². The molecule has 0 aliphatic heterocycles. The highest BCUT2D eigenvalue weighted by Gasteiger charge is 2.16. The van der Waals surface area contributed by atoms with Gasteiger partial charge in [-0.1, -0.05) is 60.2 Å². The molecule has 3 rings (SSSR count). The predicted molar refractivity (Wildman–Crippen MR) is 96.8 cm³/mol. The normalized spacial score (nSPS) is 12.3. The standard InChI is InChI=1S/C19H20N2OS/c1-14-7-6-10-16(13-14)18-17(11-12-23(2)22)20-21-19(18)15-8-4-3-5-9-15/h3-10,13H,11-12H2,1-2H3,(H,20,21). The lowest BCUT2D eigenvalue weighted by Crippen LogP contribution is -2.00. The maximum atomic E-state index is 11.5. The van der Waals surface area contributed by atoms with Gasteiger partial charge in [0, 0.05) is 46.0 Å². The molecular formula is C19H20N2OS. The van der Waals surface area contributed by atoms with Crippen molar-refractivity contribution in [2.45, 2.75) is 13.3 Å². The molecule has 1 atom stereocenters. The summed E-state index contributed by atoms with van der Waals surface area (Å²) in [5.41, 5.74) is 6.56. The van der Waals surface area contributed by atoms with E-state index in [1.54, 1.807) is 6.26 Å². The Bertz CT molecular complexity index is 824. The Hall–Kier alpha value is -2.20. The fourth-order valence-corrected chi connectivity index (χ4v) is 3.21. The van der Waals surface area contributed by atoms with Crippen molar-refractivity contribution in [3.8, 4) is 22.4 Å². The average Bonchev–Trinajstić information content (AvgIpc) is 2.97. The maximum absolute atomic E-state index is 11.5. The van der Waals surface area contributed by atoms with Crippen LogP contribution in [0, 0.1) is 6.92 Å². The van der Waals surface area contributed by atoms with Gasteiger partial charge in [0.25, 0.3) is 0 Å². The monoisotopic (exact) mass is 324 g/mol. The van der Waals surface area contributed by atoms with Gasteiger partial charge in [0.1, 0.15) is 5.69 Å². The summed E-state index contributed by atoms with van der Waals surface area (Å²) >= 11 is 0. The van der Waals surface area contributed by atoms with E-state index in [-0.39, 0.29) is 0 Å². The van der Waals surface area contributed by atoms with Gasteiger partial charge in [-0.05, 0) is 12.5 Å². The Labute approximate surface area is 139 Å². The number of benzene rings is 2. The molecule has 0 fully saturated rings. The Balaban J connectivity index is 2.12. The summed E-state index contributed by atoms with van der Waals surface area (Å²) in [6.07, 6.45) is 2.47. The second kappa shape index (κ2) is 6.92. The van der Waals surface area contributed by atoms with E-state index in [2.05, 4.69) is 53.5 Å². The van der Waals surface area contributed by atoms with Crippen molar-refractivity contribution < 1.29 is 4.21 Å². The smallest absolute Gasteiger partial charge is 0.100 e. The van der Waals surface area contributed by atoms with Crippen LogP contribution in [0.15, 0.2) is 54.6 Å². The largest absolute Gasteiger partial charge is 0.281 e. The summed E-state index contributed by atoms with van der Waals surface area (Å²) in [4.78, 5) is 0. The van der Waals surface area contributed by atoms with Crippen LogP contribution < -0.4 is 0 Å². The fraction of sp³-hybridized carbons (Fsp3) is 0.211. The average molecular weight is 324 g/mol. The van der Waals surface area contributed by atoms with E-state index in [9.17, 15) is 4.21 Å². The molecule has 0 aliphatic carbocycles. The van der Waals surface area contributed by atoms with Crippen LogP contribution in [0.3, 0.4) is 0 Å². The second-order valence-corrected chi connectivity index (χ2v) is 7.24. The molecule has 118 valence electrons. The highest BCUT2D eigenvalue weighted by Crippen LogP contribution is 2.33. The lowest BCUT2D eigenvalue weighted by atomic mass is 9.97. The maximum Gasteiger partial charge on any atom is 0.100 e. The van der Waals surface area contributed by atoms with Crippen LogP contribution in [0.4, 0.5) is 0 Å². The molecule has 0 bridgehead atoms. The molecule has 1 heterocycles. The molecule has 0 aliphatic rings. The summed E-state index contributed by atoms with van der Waals surface area (Å²) in [5.74, 6) is 0.634. The third-order valence-corrected chi connectivity index (χ3v) is 4.61. The third-order valence-electron chi connectivity index (χ3n) is 3.83. The van der Waals surface area contributed by atoms with Crippen molar-refractivity contribution in [3.63, 3.8) is 0 Å². The number of rotatable bonds is 5. The predicted octanol–water partition coefficient (Wildman–Crippen LogP) is 3.97.